The van der Waals surface area contributed by atoms with Gasteiger partial charge in [0.15, 0.2) is 11.5 Å². The van der Waals surface area contributed by atoms with Crippen molar-refractivity contribution in [1.82, 2.24) is 10.2 Å². The van der Waals surface area contributed by atoms with Gasteiger partial charge in [-0.3, -0.25) is 10.1 Å². The van der Waals surface area contributed by atoms with Crippen LogP contribution in [0, 0.1) is 13.8 Å². The molecule has 1 N–H and O–H groups in total. The van der Waals surface area contributed by atoms with Crippen LogP contribution in [0.2, 0.25) is 0 Å². The molecule has 0 saturated carbocycles. The van der Waals surface area contributed by atoms with Crippen molar-refractivity contribution in [3.8, 4) is 28.7 Å². The Labute approximate surface area is 162 Å². The largest absolute Gasteiger partial charge is 0.493 e. The molecule has 0 aliphatic carbocycles. The van der Waals surface area contributed by atoms with Crippen LogP contribution < -0.4 is 19.5 Å². The maximum Gasteiger partial charge on any atom is 0.322 e. The van der Waals surface area contributed by atoms with Crippen molar-refractivity contribution in [3.63, 3.8) is 0 Å². The summed E-state index contributed by atoms with van der Waals surface area (Å²) in [6.45, 7) is 3.93. The smallest absolute Gasteiger partial charge is 0.322 e. The predicted octanol–water partition coefficient (Wildman–Crippen LogP) is 3.63. The van der Waals surface area contributed by atoms with Gasteiger partial charge in [0.25, 0.3) is 5.91 Å². The number of aromatic nitrogens is 2. The number of nitrogens with zero attached hydrogens (tertiary/aromatic N) is 2. The highest BCUT2D eigenvalue weighted by Crippen LogP contribution is 2.38. The number of aryl methyl sites for hydroxylation is 2. The zero-order chi connectivity index (χ0) is 20.3. The van der Waals surface area contributed by atoms with E-state index >= 15 is 0 Å². The summed E-state index contributed by atoms with van der Waals surface area (Å²) in [5, 5.41) is 10.5. The molecule has 1 aromatic heterocycles. The van der Waals surface area contributed by atoms with Gasteiger partial charge in [0.05, 0.1) is 21.3 Å². The molecule has 146 valence electrons. The van der Waals surface area contributed by atoms with E-state index in [1.165, 1.54) is 21.3 Å². The lowest BCUT2D eigenvalue weighted by molar-refractivity contribution is 0.102. The number of hydrogen-bond acceptors (Lipinski definition) is 7. The minimum Gasteiger partial charge on any atom is -0.493 e. The molecule has 8 heteroatoms. The van der Waals surface area contributed by atoms with Crippen molar-refractivity contribution in [2.75, 3.05) is 26.6 Å². The standard InChI is InChI=1S/C20H21N3O5/c1-11-6-7-12(2)14(8-11)19-22-23-20(28-19)21-18(24)13-9-15(25-3)17(27-5)16(10-13)26-4/h6-10H,1-5H3,(H,21,23,24). The van der Waals surface area contributed by atoms with Crippen molar-refractivity contribution in [2.24, 2.45) is 0 Å². The number of anilines is 1. The van der Waals surface area contributed by atoms with E-state index in [2.05, 4.69) is 15.5 Å². The Hall–Kier alpha value is -3.55. The molecule has 0 aliphatic heterocycles. The van der Waals surface area contributed by atoms with E-state index < -0.39 is 5.91 Å². The third-order valence-corrected chi connectivity index (χ3v) is 4.20. The molecular formula is C20H21N3O5. The zero-order valence-electron chi connectivity index (χ0n) is 16.3. The number of hydrogen-bond donors (Lipinski definition) is 1. The van der Waals surface area contributed by atoms with Crippen LogP contribution >= 0.6 is 0 Å². The van der Waals surface area contributed by atoms with Gasteiger partial charge in [-0.15, -0.1) is 5.10 Å². The topological polar surface area (TPSA) is 95.7 Å². The number of methoxy groups -OCH3 is 3. The first kappa shape index (κ1) is 19.2. The summed E-state index contributed by atoms with van der Waals surface area (Å²) in [5.74, 6) is 1.02. The second kappa shape index (κ2) is 7.99. The minimum atomic E-state index is -0.449. The molecule has 8 nitrogen and oxygen atoms in total. The molecule has 3 rings (SSSR count). The average molecular weight is 383 g/mol. The molecule has 0 radical (unpaired) electrons. The number of benzene rings is 2. The van der Waals surface area contributed by atoms with Gasteiger partial charge < -0.3 is 18.6 Å². The first-order valence-corrected chi connectivity index (χ1v) is 8.49. The Kier molecular flexibility index (Phi) is 5.49. The van der Waals surface area contributed by atoms with E-state index in [1.54, 1.807) is 12.1 Å². The van der Waals surface area contributed by atoms with Gasteiger partial charge in [0.1, 0.15) is 0 Å². The van der Waals surface area contributed by atoms with E-state index in [0.29, 0.717) is 28.7 Å². The van der Waals surface area contributed by atoms with Crippen LogP contribution in [0.25, 0.3) is 11.5 Å². The summed E-state index contributed by atoms with van der Waals surface area (Å²) < 4.78 is 21.4. The summed E-state index contributed by atoms with van der Waals surface area (Å²) in [6, 6.07) is 9.01. The van der Waals surface area contributed by atoms with E-state index in [4.69, 9.17) is 18.6 Å². The molecule has 1 amide bonds. The van der Waals surface area contributed by atoms with Gasteiger partial charge in [-0.05, 0) is 37.6 Å². The quantitative estimate of drug-likeness (QED) is 0.694. The van der Waals surface area contributed by atoms with Gasteiger partial charge in [-0.2, -0.15) is 0 Å². The Bertz CT molecular complexity index is 988. The van der Waals surface area contributed by atoms with Crippen LogP contribution in [0.1, 0.15) is 21.5 Å². The Morgan fingerprint density at radius 1 is 0.964 bits per heavy atom. The Balaban J connectivity index is 1.86. The van der Waals surface area contributed by atoms with E-state index in [9.17, 15) is 4.79 Å². The molecule has 2 aromatic carbocycles. The van der Waals surface area contributed by atoms with Crippen LogP contribution in [-0.2, 0) is 0 Å². The summed E-state index contributed by atoms with van der Waals surface area (Å²) in [6.07, 6.45) is 0. The molecule has 0 unspecified atom stereocenters. The van der Waals surface area contributed by atoms with Crippen molar-refractivity contribution < 1.29 is 23.4 Å². The zero-order valence-corrected chi connectivity index (χ0v) is 16.3. The molecular weight excluding hydrogens is 362 g/mol. The molecule has 0 atom stereocenters. The molecule has 3 aromatic rings. The summed E-state index contributed by atoms with van der Waals surface area (Å²) in [5.41, 5.74) is 3.18. The van der Waals surface area contributed by atoms with Crippen molar-refractivity contribution in [1.29, 1.82) is 0 Å². The van der Waals surface area contributed by atoms with E-state index in [1.807, 2.05) is 32.0 Å². The first-order chi connectivity index (χ1) is 13.5. The number of nitrogens with one attached hydrogen (secondary N) is 1. The second-order valence-corrected chi connectivity index (χ2v) is 6.10. The van der Waals surface area contributed by atoms with Gasteiger partial charge in [-0.1, -0.05) is 22.8 Å². The number of rotatable bonds is 6. The van der Waals surface area contributed by atoms with Crippen molar-refractivity contribution in [3.05, 3.63) is 47.0 Å². The monoisotopic (exact) mass is 383 g/mol. The lowest BCUT2D eigenvalue weighted by atomic mass is 10.1. The lowest BCUT2D eigenvalue weighted by Crippen LogP contribution is -2.13. The molecule has 0 aliphatic rings. The summed E-state index contributed by atoms with van der Waals surface area (Å²) >= 11 is 0. The summed E-state index contributed by atoms with van der Waals surface area (Å²) in [7, 11) is 4.45. The highest BCUT2D eigenvalue weighted by Gasteiger charge is 2.19. The van der Waals surface area contributed by atoms with E-state index in [-0.39, 0.29) is 6.01 Å². The molecule has 0 bridgehead atoms. The van der Waals surface area contributed by atoms with Gasteiger partial charge in [0, 0.05) is 11.1 Å². The number of carbonyl (C=O) groups is 1. The fourth-order valence-corrected chi connectivity index (χ4v) is 2.73. The number of carbonyl (C=O) groups excluding carboxylic acids is 1. The number of amides is 1. The van der Waals surface area contributed by atoms with Crippen LogP contribution in [0.4, 0.5) is 6.01 Å². The first-order valence-electron chi connectivity index (χ1n) is 8.49. The Morgan fingerprint density at radius 3 is 2.25 bits per heavy atom. The summed E-state index contributed by atoms with van der Waals surface area (Å²) in [4.78, 5) is 12.6. The average Bonchev–Trinajstić information content (AvgIpc) is 3.16. The Morgan fingerprint density at radius 2 is 1.64 bits per heavy atom. The molecule has 0 saturated heterocycles. The highest BCUT2D eigenvalue weighted by atomic mass is 16.5. The van der Waals surface area contributed by atoms with Crippen LogP contribution in [0.5, 0.6) is 17.2 Å². The number of ether oxygens (including phenoxy) is 3. The predicted molar refractivity (Wildman–Crippen MR) is 103 cm³/mol. The third kappa shape index (κ3) is 3.75. The third-order valence-electron chi connectivity index (χ3n) is 4.20. The van der Waals surface area contributed by atoms with Crippen LogP contribution in [0.3, 0.4) is 0 Å². The fraction of sp³-hybridized carbons (Fsp3) is 0.250. The minimum absolute atomic E-state index is 0.00495. The lowest BCUT2D eigenvalue weighted by Gasteiger charge is -2.13. The fourth-order valence-electron chi connectivity index (χ4n) is 2.73. The molecule has 0 spiro atoms. The maximum absolute atomic E-state index is 12.6. The van der Waals surface area contributed by atoms with Crippen molar-refractivity contribution in [2.45, 2.75) is 13.8 Å². The molecule has 0 fully saturated rings. The van der Waals surface area contributed by atoms with Crippen LogP contribution in [-0.4, -0.2) is 37.4 Å². The van der Waals surface area contributed by atoms with Crippen LogP contribution in [0.15, 0.2) is 34.7 Å². The molecule has 28 heavy (non-hydrogen) atoms. The van der Waals surface area contributed by atoms with Gasteiger partial charge in [0.2, 0.25) is 11.6 Å². The highest BCUT2D eigenvalue weighted by molar-refractivity contribution is 6.04. The normalized spacial score (nSPS) is 10.5. The SMILES string of the molecule is COc1cc(C(=O)Nc2nnc(-c3cc(C)ccc3C)o2)cc(OC)c1OC. The van der Waals surface area contributed by atoms with Gasteiger partial charge >= 0.3 is 6.01 Å². The molecule has 1 heterocycles. The second-order valence-electron chi connectivity index (χ2n) is 6.10. The van der Waals surface area contributed by atoms with Crippen molar-refractivity contribution >= 4 is 11.9 Å². The maximum atomic E-state index is 12.6. The van der Waals surface area contributed by atoms with Gasteiger partial charge in [-0.25, -0.2) is 0 Å². The van der Waals surface area contributed by atoms with E-state index in [0.717, 1.165) is 16.7 Å².